The van der Waals surface area contributed by atoms with Crippen molar-refractivity contribution < 1.29 is 14.3 Å². The molecule has 130 valence electrons. The lowest BCUT2D eigenvalue weighted by Crippen LogP contribution is -2.30. The van der Waals surface area contributed by atoms with Crippen LogP contribution in [0.3, 0.4) is 0 Å². The molecule has 1 N–H and O–H groups in total. The van der Waals surface area contributed by atoms with Gasteiger partial charge in [-0.2, -0.15) is 0 Å². The maximum absolute atomic E-state index is 11.7. The highest BCUT2D eigenvalue weighted by Crippen LogP contribution is 2.12. The molecule has 0 atom stereocenters. The van der Waals surface area contributed by atoms with Gasteiger partial charge in [-0.3, -0.25) is 4.79 Å². The van der Waals surface area contributed by atoms with Gasteiger partial charge in [-0.05, 0) is 47.9 Å². The summed E-state index contributed by atoms with van der Waals surface area (Å²) in [6.07, 6.45) is 3.50. The third kappa shape index (κ3) is 7.42. The number of carbonyl (C=O) groups excluding carboxylic acids is 2. The van der Waals surface area contributed by atoms with E-state index in [-0.39, 0.29) is 12.5 Å². The Labute approximate surface area is 156 Å². The predicted molar refractivity (Wildman–Crippen MR) is 99.6 cm³/mol. The smallest absolute Gasteiger partial charge is 0.331 e. The van der Waals surface area contributed by atoms with E-state index in [2.05, 4.69) is 5.32 Å². The van der Waals surface area contributed by atoms with Crippen LogP contribution in [0.15, 0.2) is 54.6 Å². The number of nitrogens with one attached hydrogen (secondary N) is 1. The number of benzene rings is 2. The maximum atomic E-state index is 11.7. The SMILES string of the molecule is O=C(COC(=O)/C=C/c1cccc(Cl)c1)NCCc1ccc(Cl)cc1. The van der Waals surface area contributed by atoms with E-state index >= 15 is 0 Å². The molecule has 0 radical (unpaired) electrons. The number of amides is 1. The van der Waals surface area contributed by atoms with Gasteiger partial charge < -0.3 is 10.1 Å². The van der Waals surface area contributed by atoms with E-state index in [0.29, 0.717) is 23.0 Å². The Kier molecular flexibility index (Phi) is 7.51. The molecular formula is C19H17Cl2NO3. The summed E-state index contributed by atoms with van der Waals surface area (Å²) < 4.78 is 4.89. The lowest BCUT2D eigenvalue weighted by molar-refractivity contribution is -0.143. The van der Waals surface area contributed by atoms with E-state index in [0.717, 1.165) is 11.1 Å². The number of esters is 1. The highest BCUT2D eigenvalue weighted by Gasteiger charge is 2.04. The van der Waals surface area contributed by atoms with Gasteiger partial charge in [0.1, 0.15) is 0 Å². The number of halogens is 2. The number of hydrogen-bond donors (Lipinski definition) is 1. The van der Waals surface area contributed by atoms with Crippen LogP contribution < -0.4 is 5.32 Å². The number of rotatable bonds is 7. The summed E-state index contributed by atoms with van der Waals surface area (Å²) in [4.78, 5) is 23.3. The largest absolute Gasteiger partial charge is 0.452 e. The minimum absolute atomic E-state index is 0.320. The number of hydrogen-bond acceptors (Lipinski definition) is 3. The molecule has 0 aliphatic heterocycles. The van der Waals surface area contributed by atoms with E-state index in [1.165, 1.54) is 6.08 Å². The third-order valence-corrected chi connectivity index (χ3v) is 3.74. The summed E-state index contributed by atoms with van der Waals surface area (Å²) in [5, 5.41) is 3.94. The lowest BCUT2D eigenvalue weighted by Gasteiger charge is -2.05. The Morgan fingerprint density at radius 1 is 1.04 bits per heavy atom. The predicted octanol–water partition coefficient (Wildman–Crippen LogP) is 3.91. The maximum Gasteiger partial charge on any atom is 0.331 e. The summed E-state index contributed by atoms with van der Waals surface area (Å²) in [6, 6.07) is 14.4. The normalized spacial score (nSPS) is 10.6. The lowest BCUT2D eigenvalue weighted by atomic mass is 10.1. The van der Waals surface area contributed by atoms with Gasteiger partial charge in [-0.25, -0.2) is 4.79 Å². The Morgan fingerprint density at radius 2 is 1.80 bits per heavy atom. The first-order chi connectivity index (χ1) is 12.0. The fraction of sp³-hybridized carbons (Fsp3) is 0.158. The van der Waals surface area contributed by atoms with Gasteiger partial charge in [0.25, 0.3) is 5.91 Å². The Morgan fingerprint density at radius 3 is 2.52 bits per heavy atom. The molecule has 4 nitrogen and oxygen atoms in total. The highest BCUT2D eigenvalue weighted by molar-refractivity contribution is 6.30. The standard InChI is InChI=1S/C19H17Cl2NO3/c20-16-7-4-14(5-8-16)10-11-22-18(23)13-25-19(24)9-6-15-2-1-3-17(21)12-15/h1-9,12H,10-11,13H2,(H,22,23)/b9-6+. The van der Waals surface area contributed by atoms with Crippen LogP contribution >= 0.6 is 23.2 Å². The molecule has 25 heavy (non-hydrogen) atoms. The van der Waals surface area contributed by atoms with Gasteiger partial charge in [-0.1, -0.05) is 47.5 Å². The van der Waals surface area contributed by atoms with Crippen LogP contribution in [0.1, 0.15) is 11.1 Å². The van der Waals surface area contributed by atoms with Crippen molar-refractivity contribution in [3.05, 3.63) is 75.8 Å². The van der Waals surface area contributed by atoms with Crippen molar-refractivity contribution in [2.45, 2.75) is 6.42 Å². The summed E-state index contributed by atoms with van der Waals surface area (Å²) in [6.45, 7) is 0.135. The summed E-state index contributed by atoms with van der Waals surface area (Å²) >= 11 is 11.7. The van der Waals surface area contributed by atoms with Crippen molar-refractivity contribution in [2.24, 2.45) is 0 Å². The fourth-order valence-corrected chi connectivity index (χ4v) is 2.33. The van der Waals surface area contributed by atoms with Crippen LogP contribution in [0.4, 0.5) is 0 Å². The van der Waals surface area contributed by atoms with Crippen molar-refractivity contribution in [1.82, 2.24) is 5.32 Å². The molecular weight excluding hydrogens is 361 g/mol. The van der Waals surface area contributed by atoms with Crippen molar-refractivity contribution >= 4 is 41.2 Å². The van der Waals surface area contributed by atoms with Gasteiger partial charge in [0, 0.05) is 22.7 Å². The van der Waals surface area contributed by atoms with Crippen molar-refractivity contribution in [3.8, 4) is 0 Å². The van der Waals surface area contributed by atoms with Crippen LogP contribution in [-0.4, -0.2) is 25.0 Å². The molecule has 0 heterocycles. The van der Waals surface area contributed by atoms with Crippen LogP contribution in [0.5, 0.6) is 0 Å². The molecule has 0 saturated heterocycles. The van der Waals surface area contributed by atoms with E-state index in [1.807, 2.05) is 12.1 Å². The molecule has 0 saturated carbocycles. The molecule has 2 rings (SSSR count). The van der Waals surface area contributed by atoms with Gasteiger partial charge in [0.05, 0.1) is 0 Å². The topological polar surface area (TPSA) is 55.4 Å². The first-order valence-corrected chi connectivity index (χ1v) is 8.40. The number of ether oxygens (including phenoxy) is 1. The average molecular weight is 378 g/mol. The van der Waals surface area contributed by atoms with Gasteiger partial charge in [0.2, 0.25) is 0 Å². The zero-order chi connectivity index (χ0) is 18.1. The molecule has 6 heteroatoms. The van der Waals surface area contributed by atoms with Crippen molar-refractivity contribution in [3.63, 3.8) is 0 Å². The second-order valence-electron chi connectivity index (χ2n) is 5.22. The van der Waals surface area contributed by atoms with Crippen molar-refractivity contribution in [1.29, 1.82) is 0 Å². The molecule has 0 aliphatic carbocycles. The van der Waals surface area contributed by atoms with E-state index in [9.17, 15) is 9.59 Å². The minimum atomic E-state index is -0.590. The monoisotopic (exact) mass is 377 g/mol. The molecule has 1 amide bonds. The first kappa shape index (κ1) is 19.0. The van der Waals surface area contributed by atoms with Gasteiger partial charge >= 0.3 is 5.97 Å². The fourth-order valence-electron chi connectivity index (χ4n) is 2.01. The molecule has 0 aliphatic rings. The molecule has 0 aromatic heterocycles. The van der Waals surface area contributed by atoms with E-state index < -0.39 is 5.97 Å². The van der Waals surface area contributed by atoms with Crippen LogP contribution in [0, 0.1) is 0 Å². The number of carbonyl (C=O) groups is 2. The molecule has 2 aromatic rings. The molecule has 0 spiro atoms. The summed E-state index contributed by atoms with van der Waals surface area (Å²) in [5.41, 5.74) is 1.84. The molecule has 0 fully saturated rings. The van der Waals surface area contributed by atoms with Gasteiger partial charge in [-0.15, -0.1) is 0 Å². The molecule has 0 bridgehead atoms. The van der Waals surface area contributed by atoms with E-state index in [4.69, 9.17) is 27.9 Å². The van der Waals surface area contributed by atoms with Crippen LogP contribution in [0.25, 0.3) is 6.08 Å². The van der Waals surface area contributed by atoms with Crippen LogP contribution in [-0.2, 0) is 20.7 Å². The average Bonchev–Trinajstić information content (AvgIpc) is 2.60. The first-order valence-electron chi connectivity index (χ1n) is 7.64. The Hall–Kier alpha value is -2.30. The zero-order valence-electron chi connectivity index (χ0n) is 13.4. The Balaban J connectivity index is 1.67. The van der Waals surface area contributed by atoms with Crippen molar-refractivity contribution in [2.75, 3.05) is 13.2 Å². The third-order valence-electron chi connectivity index (χ3n) is 3.26. The summed E-state index contributed by atoms with van der Waals surface area (Å²) in [7, 11) is 0. The zero-order valence-corrected chi connectivity index (χ0v) is 14.9. The summed E-state index contributed by atoms with van der Waals surface area (Å²) in [5.74, 6) is -0.939. The molecule has 2 aromatic carbocycles. The quantitative estimate of drug-likeness (QED) is 0.587. The van der Waals surface area contributed by atoms with E-state index in [1.54, 1.807) is 42.5 Å². The Bertz CT molecular complexity index is 758. The van der Waals surface area contributed by atoms with Crippen LogP contribution in [0.2, 0.25) is 10.0 Å². The van der Waals surface area contributed by atoms with Gasteiger partial charge in [0.15, 0.2) is 6.61 Å². The molecule has 0 unspecified atom stereocenters. The highest BCUT2D eigenvalue weighted by atomic mass is 35.5. The second kappa shape index (κ2) is 9.87. The minimum Gasteiger partial charge on any atom is -0.452 e. The second-order valence-corrected chi connectivity index (χ2v) is 6.10.